The number of carbonyl (C=O) groups is 1. The summed E-state index contributed by atoms with van der Waals surface area (Å²) in [5, 5.41) is 0. The molecule has 0 radical (unpaired) electrons. The molecule has 0 N–H and O–H groups in total. The van der Waals surface area contributed by atoms with Gasteiger partial charge in [-0.2, -0.15) is 4.89 Å². The molecule has 0 aliphatic heterocycles. The van der Waals surface area contributed by atoms with E-state index in [1.54, 1.807) is 6.07 Å². The Morgan fingerprint density at radius 2 is 1.20 bits per heavy atom. The molecule has 3 atom stereocenters. The van der Waals surface area contributed by atoms with Crippen LogP contribution in [0, 0.1) is 6.92 Å². The summed E-state index contributed by atoms with van der Waals surface area (Å²) in [5.74, 6) is 0.262. The van der Waals surface area contributed by atoms with Gasteiger partial charge in [0.25, 0.3) is 0 Å². The highest BCUT2D eigenvalue weighted by molar-refractivity contribution is 6.78. The SMILES string of the molecule is Cc1cc(OCOC(C)[Si](C)(C)C)cc(C(=O)OOC(C)[Si](C)(C)C)c1OCOC(C)[Si](C)(C)C. The van der Waals surface area contributed by atoms with E-state index in [1.807, 2.05) is 19.9 Å². The van der Waals surface area contributed by atoms with Crippen molar-refractivity contribution >= 4 is 30.2 Å². The van der Waals surface area contributed by atoms with Crippen LogP contribution >= 0.6 is 0 Å². The number of hydrogen-bond acceptors (Lipinski definition) is 7. The zero-order chi connectivity index (χ0) is 27.2. The third-order valence-electron chi connectivity index (χ3n) is 6.46. The van der Waals surface area contributed by atoms with E-state index in [0.29, 0.717) is 11.5 Å². The van der Waals surface area contributed by atoms with Gasteiger partial charge in [0, 0.05) is 11.5 Å². The molecule has 202 valence electrons. The minimum atomic E-state index is -1.64. The molecule has 3 unspecified atom stereocenters. The van der Waals surface area contributed by atoms with E-state index in [-0.39, 0.29) is 36.3 Å². The fourth-order valence-electron chi connectivity index (χ4n) is 2.37. The second-order valence-electron chi connectivity index (χ2n) is 12.5. The van der Waals surface area contributed by atoms with Gasteiger partial charge >= 0.3 is 5.97 Å². The Morgan fingerprint density at radius 1 is 0.743 bits per heavy atom. The largest absolute Gasteiger partial charge is 0.468 e. The first-order valence-corrected chi connectivity index (χ1v) is 23.1. The first-order valence-electron chi connectivity index (χ1n) is 12.3. The lowest BCUT2D eigenvalue weighted by Crippen LogP contribution is -2.39. The highest BCUT2D eigenvalue weighted by Gasteiger charge is 2.28. The second kappa shape index (κ2) is 12.9. The summed E-state index contributed by atoms with van der Waals surface area (Å²) in [6.07, 6.45) is 0. The molecule has 0 bridgehead atoms. The number of ether oxygens (including phenoxy) is 4. The van der Waals surface area contributed by atoms with E-state index in [1.165, 1.54) is 0 Å². The molecule has 0 saturated heterocycles. The fraction of sp³-hybridized carbons (Fsp3) is 0.720. The highest BCUT2D eigenvalue weighted by Crippen LogP contribution is 2.31. The van der Waals surface area contributed by atoms with Crippen molar-refractivity contribution in [2.24, 2.45) is 0 Å². The lowest BCUT2D eigenvalue weighted by atomic mass is 10.1. The Labute approximate surface area is 215 Å². The van der Waals surface area contributed by atoms with Gasteiger partial charge in [-0.05, 0) is 45.4 Å². The third-order valence-corrected chi connectivity index (χ3v) is 14.2. The van der Waals surface area contributed by atoms with E-state index in [4.69, 9.17) is 28.7 Å². The molecule has 10 heteroatoms. The maximum Gasteiger partial charge on any atom is 0.376 e. The summed E-state index contributed by atoms with van der Waals surface area (Å²) in [6.45, 7) is 27.9. The summed E-state index contributed by atoms with van der Waals surface area (Å²) < 4.78 is 23.6. The molecular formula is C25H48O7Si3. The first-order chi connectivity index (χ1) is 15.8. The van der Waals surface area contributed by atoms with Crippen LogP contribution in [-0.4, -0.2) is 61.0 Å². The monoisotopic (exact) mass is 544 g/mol. The van der Waals surface area contributed by atoms with E-state index in [2.05, 4.69) is 72.8 Å². The fourth-order valence-corrected chi connectivity index (χ4v) is 3.84. The zero-order valence-electron chi connectivity index (χ0n) is 24.2. The molecule has 0 amide bonds. The number of rotatable bonds is 14. The predicted molar refractivity (Wildman–Crippen MR) is 149 cm³/mol. The van der Waals surface area contributed by atoms with Gasteiger partial charge in [-0.1, -0.05) is 58.9 Å². The quantitative estimate of drug-likeness (QED) is 0.113. The average Bonchev–Trinajstić information content (AvgIpc) is 2.70. The molecule has 0 aromatic heterocycles. The molecule has 1 rings (SSSR count). The summed E-state index contributed by atoms with van der Waals surface area (Å²) in [5.41, 5.74) is 1.04. The van der Waals surface area contributed by atoms with Crippen LogP contribution in [0.1, 0.15) is 36.7 Å². The number of hydrogen-bond donors (Lipinski definition) is 0. The normalized spacial score (nSPS) is 15.3. The summed E-state index contributed by atoms with van der Waals surface area (Å²) in [4.78, 5) is 23.7. The summed E-state index contributed by atoms with van der Waals surface area (Å²) in [7, 11) is -4.57. The number of benzene rings is 1. The number of carbonyl (C=O) groups excluding carboxylic acids is 1. The molecule has 0 heterocycles. The summed E-state index contributed by atoms with van der Waals surface area (Å²) >= 11 is 0. The molecule has 0 saturated carbocycles. The number of aryl methyl sites for hydroxylation is 1. The zero-order valence-corrected chi connectivity index (χ0v) is 27.2. The van der Waals surface area contributed by atoms with Crippen LogP contribution in [-0.2, 0) is 19.2 Å². The lowest BCUT2D eigenvalue weighted by molar-refractivity contribution is -0.252. The van der Waals surface area contributed by atoms with E-state index in [0.717, 1.165) is 5.56 Å². The van der Waals surface area contributed by atoms with Gasteiger partial charge in [-0.15, -0.1) is 0 Å². The third kappa shape index (κ3) is 10.8. The molecule has 0 aliphatic carbocycles. The lowest BCUT2D eigenvalue weighted by Gasteiger charge is -2.26. The van der Waals surface area contributed by atoms with Crippen LogP contribution in [0.3, 0.4) is 0 Å². The maximum absolute atomic E-state index is 13.0. The molecule has 7 nitrogen and oxygen atoms in total. The van der Waals surface area contributed by atoms with Crippen LogP contribution in [0.25, 0.3) is 0 Å². The molecule has 0 aliphatic rings. The van der Waals surface area contributed by atoms with Crippen LogP contribution in [0.5, 0.6) is 11.5 Å². The average molecular weight is 545 g/mol. The highest BCUT2D eigenvalue weighted by atomic mass is 28.3. The Balaban J connectivity index is 3.07. The van der Waals surface area contributed by atoms with Crippen LogP contribution in [0.4, 0.5) is 0 Å². The van der Waals surface area contributed by atoms with E-state index < -0.39 is 30.2 Å². The molecule has 0 spiro atoms. The van der Waals surface area contributed by atoms with Crippen molar-refractivity contribution in [1.82, 2.24) is 0 Å². The predicted octanol–water partition coefficient (Wildman–Crippen LogP) is 6.59. The molecular weight excluding hydrogens is 497 g/mol. The van der Waals surface area contributed by atoms with Crippen molar-refractivity contribution in [3.05, 3.63) is 23.3 Å². The first kappa shape index (κ1) is 31.9. The van der Waals surface area contributed by atoms with E-state index in [9.17, 15) is 4.79 Å². The van der Waals surface area contributed by atoms with Crippen molar-refractivity contribution in [3.63, 3.8) is 0 Å². The van der Waals surface area contributed by atoms with Gasteiger partial charge in [0.15, 0.2) is 13.6 Å². The standard InChI is InChI=1S/C25H48O7Si3/c1-18-14-22(29-16-27-19(2)33(5,6)7)15-23(25(26)32-31-21(4)35(11,12)13)24(18)30-17-28-20(3)34(8,9)10/h14-15,19-21H,16-17H2,1-13H3. The van der Waals surface area contributed by atoms with Gasteiger partial charge in [0.1, 0.15) is 17.1 Å². The summed E-state index contributed by atoms with van der Waals surface area (Å²) in [6, 6.07) is 3.43. The van der Waals surface area contributed by atoms with Crippen molar-refractivity contribution < 1.29 is 33.5 Å². The van der Waals surface area contributed by atoms with Crippen molar-refractivity contribution in [2.45, 2.75) is 104 Å². The Bertz CT molecular complexity index is 826. The Kier molecular flexibility index (Phi) is 11.7. The smallest absolute Gasteiger partial charge is 0.376 e. The van der Waals surface area contributed by atoms with Crippen molar-refractivity contribution in [1.29, 1.82) is 0 Å². The van der Waals surface area contributed by atoms with Crippen LogP contribution in [0.2, 0.25) is 58.9 Å². The minimum absolute atomic E-state index is 0.0375. The molecule has 0 fully saturated rings. The topological polar surface area (TPSA) is 72.5 Å². The van der Waals surface area contributed by atoms with Crippen LogP contribution in [0.15, 0.2) is 12.1 Å². The molecule has 35 heavy (non-hydrogen) atoms. The second-order valence-corrected chi connectivity index (χ2v) is 29.1. The molecule has 1 aromatic carbocycles. The van der Waals surface area contributed by atoms with Gasteiger partial charge < -0.3 is 18.9 Å². The molecule has 1 aromatic rings. The minimum Gasteiger partial charge on any atom is -0.468 e. The van der Waals surface area contributed by atoms with Gasteiger partial charge in [-0.3, -0.25) is 4.89 Å². The maximum atomic E-state index is 13.0. The van der Waals surface area contributed by atoms with Gasteiger partial charge in [-0.25, -0.2) is 4.79 Å². The van der Waals surface area contributed by atoms with Crippen molar-refractivity contribution in [2.75, 3.05) is 13.6 Å². The van der Waals surface area contributed by atoms with Crippen molar-refractivity contribution in [3.8, 4) is 11.5 Å². The van der Waals surface area contributed by atoms with Gasteiger partial charge in [0.2, 0.25) is 0 Å². The van der Waals surface area contributed by atoms with Gasteiger partial charge in [0.05, 0.1) is 29.9 Å². The van der Waals surface area contributed by atoms with Crippen LogP contribution < -0.4 is 9.47 Å². The Hall–Kier alpha value is -1.18. The van der Waals surface area contributed by atoms with E-state index >= 15 is 0 Å². The Morgan fingerprint density at radius 3 is 1.66 bits per heavy atom.